The zero-order chi connectivity index (χ0) is 19.6. The van der Waals surface area contributed by atoms with Crippen molar-refractivity contribution in [2.75, 3.05) is 39.8 Å². The van der Waals surface area contributed by atoms with Gasteiger partial charge in [0.2, 0.25) is 0 Å². The fourth-order valence-corrected chi connectivity index (χ4v) is 3.44. The molecular formula is C20H33N5O2. The highest BCUT2D eigenvalue weighted by atomic mass is 16.5. The Morgan fingerprint density at radius 1 is 1.44 bits per heavy atom. The number of hydrogen-bond acceptors (Lipinski definition) is 4. The third kappa shape index (κ3) is 6.75. The minimum Gasteiger partial charge on any atom is -0.484 e. The van der Waals surface area contributed by atoms with Gasteiger partial charge >= 0.3 is 0 Å². The van der Waals surface area contributed by atoms with E-state index in [2.05, 4.69) is 36.0 Å². The predicted molar refractivity (Wildman–Crippen MR) is 109 cm³/mol. The van der Waals surface area contributed by atoms with Crippen molar-refractivity contribution in [2.24, 2.45) is 10.7 Å². The second-order valence-corrected chi connectivity index (χ2v) is 6.88. The lowest BCUT2D eigenvalue weighted by Crippen LogP contribution is -2.45. The fourth-order valence-electron chi connectivity index (χ4n) is 3.44. The quantitative estimate of drug-likeness (QED) is 0.504. The average molecular weight is 376 g/mol. The smallest absolute Gasteiger partial charge is 0.255 e. The number of likely N-dealkylation sites (N-methyl/N-ethyl adjacent to an activating group) is 2. The summed E-state index contributed by atoms with van der Waals surface area (Å²) < 4.78 is 5.37. The highest BCUT2D eigenvalue weighted by Gasteiger charge is 2.24. The van der Waals surface area contributed by atoms with Crippen molar-refractivity contribution in [1.82, 2.24) is 15.1 Å². The van der Waals surface area contributed by atoms with E-state index >= 15 is 0 Å². The highest BCUT2D eigenvalue weighted by Crippen LogP contribution is 2.18. The predicted octanol–water partition coefficient (Wildman–Crippen LogP) is 1.43. The molecular weight excluding hydrogens is 342 g/mol. The van der Waals surface area contributed by atoms with Gasteiger partial charge in [-0.3, -0.25) is 9.69 Å². The number of carbonyl (C=O) groups excluding carboxylic acids is 1. The first-order valence-electron chi connectivity index (χ1n) is 9.77. The first kappa shape index (κ1) is 21.0. The Morgan fingerprint density at radius 2 is 2.26 bits per heavy atom. The zero-order valence-corrected chi connectivity index (χ0v) is 16.8. The molecule has 150 valence electrons. The minimum atomic E-state index is -0.484. The summed E-state index contributed by atoms with van der Waals surface area (Å²) in [6.07, 6.45) is 2.52. The Hall–Kier alpha value is -2.28. The summed E-state index contributed by atoms with van der Waals surface area (Å²) in [5.74, 6) is 1.05. The molecule has 1 heterocycles. The van der Waals surface area contributed by atoms with Crippen LogP contribution >= 0.6 is 0 Å². The first-order valence-corrected chi connectivity index (χ1v) is 9.77. The third-order valence-corrected chi connectivity index (χ3v) is 4.78. The van der Waals surface area contributed by atoms with Crippen molar-refractivity contribution < 1.29 is 9.53 Å². The molecule has 3 N–H and O–H groups in total. The molecule has 7 nitrogen and oxygen atoms in total. The SMILES string of the molecule is CCNC(=NCc1cccc(OCC(N)=O)c1)N(C)CC1CCCN1CC. The molecule has 1 aromatic carbocycles. The maximum atomic E-state index is 10.9. The molecule has 1 aliphatic heterocycles. The number of benzene rings is 1. The largest absolute Gasteiger partial charge is 0.484 e. The normalized spacial score (nSPS) is 17.7. The number of amides is 1. The number of ether oxygens (including phenoxy) is 1. The van der Waals surface area contributed by atoms with Crippen LogP contribution in [-0.2, 0) is 11.3 Å². The van der Waals surface area contributed by atoms with E-state index in [1.54, 1.807) is 0 Å². The molecule has 0 spiro atoms. The van der Waals surface area contributed by atoms with E-state index in [0.717, 1.165) is 31.2 Å². The van der Waals surface area contributed by atoms with Crippen LogP contribution in [0.1, 0.15) is 32.3 Å². The Morgan fingerprint density at radius 3 is 2.96 bits per heavy atom. The lowest BCUT2D eigenvalue weighted by Gasteiger charge is -2.29. The minimum absolute atomic E-state index is 0.118. The number of aliphatic imine (C=N–C) groups is 1. The van der Waals surface area contributed by atoms with Crippen LogP contribution < -0.4 is 15.8 Å². The second kappa shape index (κ2) is 10.8. The van der Waals surface area contributed by atoms with E-state index < -0.39 is 5.91 Å². The van der Waals surface area contributed by atoms with Gasteiger partial charge in [0.1, 0.15) is 5.75 Å². The molecule has 1 amide bonds. The number of nitrogens with two attached hydrogens (primary N) is 1. The molecule has 1 unspecified atom stereocenters. The van der Waals surface area contributed by atoms with Crippen LogP contribution in [0.3, 0.4) is 0 Å². The van der Waals surface area contributed by atoms with Crippen LogP contribution in [0, 0.1) is 0 Å². The van der Waals surface area contributed by atoms with Crippen molar-refractivity contribution in [2.45, 2.75) is 39.3 Å². The Balaban J connectivity index is 1.99. The Labute approximate surface area is 162 Å². The van der Waals surface area contributed by atoms with Crippen molar-refractivity contribution in [3.05, 3.63) is 29.8 Å². The molecule has 0 aromatic heterocycles. The molecule has 27 heavy (non-hydrogen) atoms. The Kier molecular flexibility index (Phi) is 8.39. The summed E-state index contributed by atoms with van der Waals surface area (Å²) in [5.41, 5.74) is 6.15. The van der Waals surface area contributed by atoms with Crippen molar-refractivity contribution in [3.63, 3.8) is 0 Å². The van der Waals surface area contributed by atoms with Gasteiger partial charge in [-0.15, -0.1) is 0 Å². The van der Waals surface area contributed by atoms with Crippen LogP contribution in [0.5, 0.6) is 5.75 Å². The average Bonchev–Trinajstić information content (AvgIpc) is 3.10. The first-order chi connectivity index (χ1) is 13.0. The summed E-state index contributed by atoms with van der Waals surface area (Å²) in [6, 6.07) is 8.20. The summed E-state index contributed by atoms with van der Waals surface area (Å²) in [4.78, 5) is 20.4. The van der Waals surface area contributed by atoms with Gasteiger partial charge in [0, 0.05) is 26.2 Å². The monoisotopic (exact) mass is 375 g/mol. The van der Waals surface area contributed by atoms with Crippen molar-refractivity contribution in [1.29, 1.82) is 0 Å². The van der Waals surface area contributed by atoms with E-state index in [1.807, 2.05) is 24.3 Å². The Bertz CT molecular complexity index is 635. The molecule has 1 atom stereocenters. The maximum absolute atomic E-state index is 10.9. The number of carbonyl (C=O) groups is 1. The van der Waals surface area contributed by atoms with Crippen molar-refractivity contribution in [3.8, 4) is 5.75 Å². The van der Waals surface area contributed by atoms with E-state index in [0.29, 0.717) is 18.3 Å². The molecule has 0 bridgehead atoms. The van der Waals surface area contributed by atoms with Gasteiger partial charge in [0.05, 0.1) is 6.54 Å². The molecule has 0 saturated carbocycles. The van der Waals surface area contributed by atoms with E-state index in [4.69, 9.17) is 15.5 Å². The lowest BCUT2D eigenvalue weighted by molar-refractivity contribution is -0.119. The van der Waals surface area contributed by atoms with E-state index in [1.165, 1.54) is 19.4 Å². The number of nitrogens with one attached hydrogen (secondary N) is 1. The van der Waals surface area contributed by atoms with Gasteiger partial charge in [-0.05, 0) is 50.6 Å². The third-order valence-electron chi connectivity index (χ3n) is 4.78. The van der Waals surface area contributed by atoms with Gasteiger partial charge in [0.25, 0.3) is 5.91 Å². The highest BCUT2D eigenvalue weighted by molar-refractivity contribution is 5.79. The molecule has 7 heteroatoms. The number of guanidine groups is 1. The van der Waals surface area contributed by atoms with E-state index in [-0.39, 0.29) is 6.61 Å². The van der Waals surface area contributed by atoms with Crippen LogP contribution in [0.25, 0.3) is 0 Å². The van der Waals surface area contributed by atoms with Gasteiger partial charge in [-0.1, -0.05) is 19.1 Å². The number of hydrogen-bond donors (Lipinski definition) is 2. The molecule has 1 fully saturated rings. The number of rotatable bonds is 9. The van der Waals surface area contributed by atoms with Crippen LogP contribution in [0.2, 0.25) is 0 Å². The molecule has 2 rings (SSSR count). The molecule has 0 aliphatic carbocycles. The van der Waals surface area contributed by atoms with Gasteiger partial charge in [0.15, 0.2) is 12.6 Å². The van der Waals surface area contributed by atoms with Gasteiger partial charge < -0.3 is 20.7 Å². The summed E-state index contributed by atoms with van der Waals surface area (Å²) in [5, 5.41) is 3.38. The maximum Gasteiger partial charge on any atom is 0.255 e. The zero-order valence-electron chi connectivity index (χ0n) is 16.8. The molecule has 1 aromatic rings. The summed E-state index contributed by atoms with van der Waals surface area (Å²) in [6.45, 7) is 8.83. The van der Waals surface area contributed by atoms with Gasteiger partial charge in [-0.25, -0.2) is 4.99 Å². The molecule has 0 radical (unpaired) electrons. The van der Waals surface area contributed by atoms with Gasteiger partial charge in [-0.2, -0.15) is 0 Å². The number of likely N-dealkylation sites (tertiary alicyclic amines) is 1. The van der Waals surface area contributed by atoms with Crippen LogP contribution in [-0.4, -0.2) is 67.5 Å². The summed E-state index contributed by atoms with van der Waals surface area (Å²) >= 11 is 0. The second-order valence-electron chi connectivity index (χ2n) is 6.88. The van der Waals surface area contributed by atoms with Crippen molar-refractivity contribution >= 4 is 11.9 Å². The van der Waals surface area contributed by atoms with Crippen LogP contribution in [0.15, 0.2) is 29.3 Å². The molecule has 1 aliphatic rings. The lowest BCUT2D eigenvalue weighted by atomic mass is 10.2. The number of primary amides is 1. The summed E-state index contributed by atoms with van der Waals surface area (Å²) in [7, 11) is 2.10. The van der Waals surface area contributed by atoms with Crippen LogP contribution in [0.4, 0.5) is 0 Å². The standard InChI is InChI=1S/C20H33N5O2/c1-4-22-20(24(3)14-17-9-7-11-25(17)5-2)23-13-16-8-6-10-18(12-16)27-15-19(21)26/h6,8,10,12,17H,4-5,7,9,11,13-15H2,1-3H3,(H2,21,26)(H,22,23). The number of nitrogens with zero attached hydrogens (tertiary/aromatic N) is 3. The molecule has 1 saturated heterocycles. The fraction of sp³-hybridized carbons (Fsp3) is 0.600. The topological polar surface area (TPSA) is 83.2 Å². The van der Waals surface area contributed by atoms with E-state index in [9.17, 15) is 4.79 Å².